The van der Waals surface area contributed by atoms with Crippen molar-refractivity contribution in [3.63, 3.8) is 0 Å². The van der Waals surface area contributed by atoms with Crippen molar-refractivity contribution in [1.82, 2.24) is 9.97 Å². The monoisotopic (exact) mass is 304 g/mol. The van der Waals surface area contributed by atoms with Crippen LogP contribution in [0.2, 0.25) is 0 Å². The Morgan fingerprint density at radius 3 is 2.58 bits per heavy atom. The van der Waals surface area contributed by atoms with Crippen LogP contribution in [0.3, 0.4) is 0 Å². The second-order valence-electron chi connectivity index (χ2n) is 4.23. The Hall–Kier alpha value is -0.580. The molecule has 1 aromatic heterocycles. The predicted molar refractivity (Wildman–Crippen MR) is 78.9 cm³/mol. The average Bonchev–Trinajstić information content (AvgIpc) is 2.28. The molecule has 0 amide bonds. The molecule has 0 N–H and O–H groups in total. The zero-order valence-corrected chi connectivity index (χ0v) is 13.8. The molecule has 1 atom stereocenters. The summed E-state index contributed by atoms with van der Waals surface area (Å²) in [5, 5.41) is 0. The molecule has 1 rings (SSSR count). The number of nitrogens with zero attached hydrogens (tertiary/aromatic N) is 2. The summed E-state index contributed by atoms with van der Waals surface area (Å²) in [6.07, 6.45) is 0. The Bertz CT molecular complexity index is 458. The molecule has 0 radical (unpaired) electrons. The summed E-state index contributed by atoms with van der Waals surface area (Å²) in [5.41, 5.74) is 0.790. The van der Waals surface area contributed by atoms with Crippen molar-refractivity contribution in [1.29, 1.82) is 0 Å². The maximum atomic E-state index is 12.4. The zero-order valence-electron chi connectivity index (χ0n) is 12.0. The Kier molecular flexibility index (Phi) is 6.30. The molecule has 0 saturated carbocycles. The van der Waals surface area contributed by atoms with E-state index in [0.29, 0.717) is 24.1 Å². The van der Waals surface area contributed by atoms with Crippen molar-refractivity contribution in [3.8, 4) is 5.88 Å². The lowest BCUT2D eigenvalue weighted by Gasteiger charge is -2.17. The van der Waals surface area contributed by atoms with Gasteiger partial charge in [-0.25, -0.2) is 9.55 Å². The summed E-state index contributed by atoms with van der Waals surface area (Å²) in [6.45, 7) is 6.71. The molecule has 0 aliphatic heterocycles. The first kappa shape index (κ1) is 16.5. The van der Waals surface area contributed by atoms with Gasteiger partial charge in [-0.15, -0.1) is 0 Å². The van der Waals surface area contributed by atoms with E-state index in [9.17, 15) is 4.57 Å². The summed E-state index contributed by atoms with van der Waals surface area (Å²) in [6, 6.07) is 1.67. The van der Waals surface area contributed by atoms with E-state index >= 15 is 0 Å². The molecule has 5 nitrogen and oxygen atoms in total. The van der Waals surface area contributed by atoms with Crippen LogP contribution in [0.25, 0.3) is 0 Å². The molecule has 0 bridgehead atoms. The van der Waals surface area contributed by atoms with Gasteiger partial charge < -0.3 is 4.52 Å². The third-order valence-electron chi connectivity index (χ3n) is 2.14. The largest absolute Gasteiger partial charge is 0.441 e. The van der Waals surface area contributed by atoms with Crippen molar-refractivity contribution in [2.24, 2.45) is 0 Å². The second kappa shape index (κ2) is 7.27. The molecular formula is C12H21N2O3PS. The fourth-order valence-electron chi connectivity index (χ4n) is 1.39. The molecule has 0 aliphatic carbocycles. The highest BCUT2D eigenvalue weighted by molar-refractivity contribution is 8.55. The molecule has 0 saturated heterocycles. The smallest absolute Gasteiger partial charge is 0.398 e. The maximum Gasteiger partial charge on any atom is 0.441 e. The normalized spacial score (nSPS) is 14.4. The lowest BCUT2D eigenvalue weighted by Crippen LogP contribution is -2.03. The van der Waals surface area contributed by atoms with E-state index in [1.807, 2.05) is 27.7 Å². The van der Waals surface area contributed by atoms with E-state index in [1.54, 1.807) is 13.0 Å². The third kappa shape index (κ3) is 5.13. The minimum absolute atomic E-state index is 0.188. The molecule has 1 aromatic rings. The highest BCUT2D eigenvalue weighted by Gasteiger charge is 2.27. The first-order valence-electron chi connectivity index (χ1n) is 6.34. The van der Waals surface area contributed by atoms with Crippen molar-refractivity contribution >= 4 is 18.2 Å². The molecular weight excluding hydrogens is 283 g/mol. The van der Waals surface area contributed by atoms with Crippen LogP contribution in [0.5, 0.6) is 5.88 Å². The van der Waals surface area contributed by atoms with E-state index in [2.05, 4.69) is 9.97 Å². The van der Waals surface area contributed by atoms with Crippen molar-refractivity contribution < 1.29 is 13.6 Å². The first-order chi connectivity index (χ1) is 8.90. The fraction of sp³-hybridized carbons (Fsp3) is 0.667. The topological polar surface area (TPSA) is 61.3 Å². The molecule has 19 heavy (non-hydrogen) atoms. The molecule has 108 valence electrons. The van der Waals surface area contributed by atoms with Gasteiger partial charge in [0.1, 0.15) is 5.82 Å². The van der Waals surface area contributed by atoms with Crippen LogP contribution in [-0.2, 0) is 9.09 Å². The zero-order chi connectivity index (χ0) is 14.5. The number of rotatable bonds is 7. The van der Waals surface area contributed by atoms with Gasteiger partial charge in [0.15, 0.2) is 0 Å². The molecule has 0 aromatic carbocycles. The third-order valence-corrected chi connectivity index (χ3v) is 5.97. The van der Waals surface area contributed by atoms with Gasteiger partial charge in [-0.05, 0) is 25.2 Å². The van der Waals surface area contributed by atoms with Crippen LogP contribution in [0.15, 0.2) is 6.07 Å². The summed E-state index contributed by atoms with van der Waals surface area (Å²) in [7, 11) is 0. The van der Waals surface area contributed by atoms with Gasteiger partial charge in [0.05, 0.1) is 6.61 Å². The Morgan fingerprint density at radius 2 is 2.05 bits per heavy atom. The van der Waals surface area contributed by atoms with Crippen molar-refractivity contribution in [2.45, 2.75) is 40.5 Å². The van der Waals surface area contributed by atoms with Crippen LogP contribution in [0, 0.1) is 6.92 Å². The minimum Gasteiger partial charge on any atom is -0.398 e. The standard InChI is InChI=1S/C12H21N2O3PS/c1-6-16-18(15,19-7-2)17-11-8-10(5)13-12(14-11)9(3)4/h8-9H,6-7H2,1-5H3. The first-order valence-corrected chi connectivity index (χ1v) is 9.47. The quantitative estimate of drug-likeness (QED) is 0.704. The van der Waals surface area contributed by atoms with Gasteiger partial charge >= 0.3 is 6.80 Å². The highest BCUT2D eigenvalue weighted by atomic mass is 32.7. The molecule has 0 spiro atoms. The van der Waals surface area contributed by atoms with Gasteiger partial charge in [-0.2, -0.15) is 4.98 Å². The van der Waals surface area contributed by atoms with Crippen LogP contribution in [0.1, 0.15) is 45.1 Å². The SMILES string of the molecule is CCOP(=O)(Oc1cc(C)nc(C(C)C)n1)SCC. The second-order valence-corrected chi connectivity index (χ2v) is 8.52. The van der Waals surface area contributed by atoms with E-state index in [4.69, 9.17) is 9.05 Å². The van der Waals surface area contributed by atoms with E-state index in [1.165, 1.54) is 11.4 Å². The number of hydrogen-bond donors (Lipinski definition) is 0. The number of aryl methyl sites for hydroxylation is 1. The van der Waals surface area contributed by atoms with Gasteiger partial charge in [-0.1, -0.05) is 20.8 Å². The van der Waals surface area contributed by atoms with Crippen molar-refractivity contribution in [2.75, 3.05) is 12.4 Å². The Labute approximate surface area is 118 Å². The van der Waals surface area contributed by atoms with Gasteiger partial charge in [0.2, 0.25) is 5.88 Å². The van der Waals surface area contributed by atoms with E-state index in [0.717, 1.165) is 5.69 Å². The van der Waals surface area contributed by atoms with Crippen LogP contribution in [0.4, 0.5) is 0 Å². The Balaban J connectivity index is 2.99. The van der Waals surface area contributed by atoms with Crippen LogP contribution in [-0.4, -0.2) is 22.3 Å². The van der Waals surface area contributed by atoms with Gasteiger partial charge in [0.25, 0.3) is 0 Å². The molecule has 7 heteroatoms. The fourth-order valence-corrected chi connectivity index (χ4v) is 4.40. The van der Waals surface area contributed by atoms with Crippen molar-refractivity contribution in [3.05, 3.63) is 17.6 Å². The number of aromatic nitrogens is 2. The summed E-state index contributed by atoms with van der Waals surface area (Å²) in [5.74, 6) is 1.83. The van der Waals surface area contributed by atoms with E-state index in [-0.39, 0.29) is 5.92 Å². The highest BCUT2D eigenvalue weighted by Crippen LogP contribution is 2.59. The van der Waals surface area contributed by atoms with E-state index < -0.39 is 6.80 Å². The molecule has 0 fully saturated rings. The Morgan fingerprint density at radius 1 is 1.37 bits per heavy atom. The molecule has 0 aliphatic rings. The van der Waals surface area contributed by atoms with Gasteiger partial charge in [0, 0.05) is 23.4 Å². The summed E-state index contributed by atoms with van der Waals surface area (Å²) >= 11 is 1.17. The van der Waals surface area contributed by atoms with Gasteiger partial charge in [-0.3, -0.25) is 4.52 Å². The lowest BCUT2D eigenvalue weighted by atomic mass is 10.2. The van der Waals surface area contributed by atoms with Crippen LogP contribution < -0.4 is 4.52 Å². The average molecular weight is 304 g/mol. The number of hydrogen-bond acceptors (Lipinski definition) is 6. The minimum atomic E-state index is -3.18. The summed E-state index contributed by atoms with van der Waals surface area (Å²) in [4.78, 5) is 8.61. The molecule has 1 unspecified atom stereocenters. The lowest BCUT2D eigenvalue weighted by molar-refractivity contribution is 0.293. The van der Waals surface area contributed by atoms with Crippen LogP contribution >= 0.6 is 18.2 Å². The predicted octanol–water partition coefficient (Wildman–Crippen LogP) is 4.18. The maximum absolute atomic E-state index is 12.4. The molecule has 1 heterocycles. The summed E-state index contributed by atoms with van der Waals surface area (Å²) < 4.78 is 23.2.